The second-order valence-electron chi connectivity index (χ2n) is 5.64. The summed E-state index contributed by atoms with van der Waals surface area (Å²) < 4.78 is 10.1. The van der Waals surface area contributed by atoms with Gasteiger partial charge in [0.25, 0.3) is 5.91 Å². The normalized spacial score (nSPS) is 10.2. The summed E-state index contributed by atoms with van der Waals surface area (Å²) in [7, 11) is 1.32. The fourth-order valence-electron chi connectivity index (χ4n) is 2.36. The average Bonchev–Trinajstić information content (AvgIpc) is 3.18. The summed E-state index contributed by atoms with van der Waals surface area (Å²) in [4.78, 5) is 28.1. The zero-order chi connectivity index (χ0) is 19.9. The van der Waals surface area contributed by atoms with Crippen molar-refractivity contribution < 1.29 is 19.1 Å². The molecule has 2 aromatic carbocycles. The van der Waals surface area contributed by atoms with Crippen molar-refractivity contribution in [3.63, 3.8) is 0 Å². The van der Waals surface area contributed by atoms with E-state index in [0.29, 0.717) is 28.7 Å². The molecule has 0 aliphatic heterocycles. The molecule has 3 aromatic rings. The third-order valence-corrected chi connectivity index (χ3v) is 4.48. The maximum atomic E-state index is 12.4. The van der Waals surface area contributed by atoms with Crippen molar-refractivity contribution in [3.8, 4) is 5.75 Å². The van der Waals surface area contributed by atoms with Crippen LogP contribution in [0.1, 0.15) is 27.8 Å². The first-order chi connectivity index (χ1) is 13.6. The van der Waals surface area contributed by atoms with Crippen molar-refractivity contribution in [2.75, 3.05) is 24.4 Å². The number of carbonyl (C=O) groups is 2. The summed E-state index contributed by atoms with van der Waals surface area (Å²) in [6, 6.07) is 13.9. The van der Waals surface area contributed by atoms with Gasteiger partial charge in [-0.2, -0.15) is 0 Å². The Morgan fingerprint density at radius 2 is 1.71 bits per heavy atom. The number of anilines is 3. The molecular weight excluding hydrogens is 378 g/mol. The summed E-state index contributed by atoms with van der Waals surface area (Å²) in [5.41, 5.74) is 2.13. The van der Waals surface area contributed by atoms with Crippen LogP contribution in [0.4, 0.5) is 16.5 Å². The van der Waals surface area contributed by atoms with E-state index in [1.54, 1.807) is 29.6 Å². The van der Waals surface area contributed by atoms with Crippen molar-refractivity contribution in [2.24, 2.45) is 0 Å². The number of amides is 1. The first kappa shape index (κ1) is 19.4. The Balaban J connectivity index is 1.61. The number of methoxy groups -OCH3 is 1. The fraction of sp³-hybridized carbons (Fsp3) is 0.150. The Morgan fingerprint density at radius 1 is 1.04 bits per heavy atom. The molecule has 0 radical (unpaired) electrons. The van der Waals surface area contributed by atoms with Crippen molar-refractivity contribution in [3.05, 3.63) is 65.2 Å². The first-order valence-electron chi connectivity index (χ1n) is 8.54. The molecule has 0 saturated carbocycles. The van der Waals surface area contributed by atoms with Gasteiger partial charge in [-0.3, -0.25) is 4.79 Å². The molecule has 28 heavy (non-hydrogen) atoms. The topological polar surface area (TPSA) is 89.5 Å². The molecule has 7 nitrogen and oxygen atoms in total. The Bertz CT molecular complexity index is 952. The molecule has 3 rings (SSSR count). The minimum absolute atomic E-state index is 0.301. The van der Waals surface area contributed by atoms with Gasteiger partial charge in [-0.25, -0.2) is 9.78 Å². The number of carbonyl (C=O) groups excluding carboxylic acids is 2. The summed E-state index contributed by atoms with van der Waals surface area (Å²) in [5, 5.41) is 8.19. The van der Waals surface area contributed by atoms with Crippen LogP contribution in [0.5, 0.6) is 5.75 Å². The van der Waals surface area contributed by atoms with E-state index in [0.717, 1.165) is 11.4 Å². The minimum atomic E-state index is -0.428. The Hall–Kier alpha value is -3.39. The maximum Gasteiger partial charge on any atom is 0.337 e. The molecule has 2 N–H and O–H groups in total. The highest BCUT2D eigenvalue weighted by atomic mass is 32.1. The third kappa shape index (κ3) is 4.86. The number of ether oxygens (including phenoxy) is 2. The standard InChI is InChI=1S/C20H19N3O4S/c1-3-27-16-10-8-15(9-11-16)22-20-23-17(12-28-20)18(24)21-14-6-4-13(5-7-14)19(25)26-2/h4-12H,3H2,1-2H3,(H,21,24)(H,22,23). The van der Waals surface area contributed by atoms with E-state index >= 15 is 0 Å². The van der Waals surface area contributed by atoms with Crippen LogP contribution < -0.4 is 15.4 Å². The Kier molecular flexibility index (Phi) is 6.23. The van der Waals surface area contributed by atoms with E-state index < -0.39 is 5.97 Å². The van der Waals surface area contributed by atoms with Crippen LogP contribution in [0.3, 0.4) is 0 Å². The van der Waals surface area contributed by atoms with Crippen LogP contribution in [-0.4, -0.2) is 30.6 Å². The van der Waals surface area contributed by atoms with Crippen LogP contribution in [0.25, 0.3) is 0 Å². The Labute approximate surface area is 166 Å². The van der Waals surface area contributed by atoms with Crippen LogP contribution in [-0.2, 0) is 4.74 Å². The molecule has 0 saturated heterocycles. The number of nitrogens with zero attached hydrogens (tertiary/aromatic N) is 1. The first-order valence-corrected chi connectivity index (χ1v) is 9.42. The molecule has 0 spiro atoms. The second kappa shape index (κ2) is 9.01. The lowest BCUT2D eigenvalue weighted by molar-refractivity contribution is 0.0600. The zero-order valence-corrected chi connectivity index (χ0v) is 16.2. The van der Waals surface area contributed by atoms with Gasteiger partial charge >= 0.3 is 5.97 Å². The predicted octanol–water partition coefficient (Wildman–Crippen LogP) is 4.32. The number of thiazole rings is 1. The Morgan fingerprint density at radius 3 is 2.36 bits per heavy atom. The zero-order valence-electron chi connectivity index (χ0n) is 15.4. The molecule has 0 unspecified atom stereocenters. The van der Waals surface area contributed by atoms with Gasteiger partial charge in [-0.15, -0.1) is 11.3 Å². The SMILES string of the molecule is CCOc1ccc(Nc2nc(C(=O)Nc3ccc(C(=O)OC)cc3)cs2)cc1. The van der Waals surface area contributed by atoms with Crippen LogP contribution in [0, 0.1) is 0 Å². The number of hydrogen-bond acceptors (Lipinski definition) is 7. The van der Waals surface area contributed by atoms with E-state index in [9.17, 15) is 9.59 Å². The van der Waals surface area contributed by atoms with E-state index in [1.165, 1.54) is 18.4 Å². The van der Waals surface area contributed by atoms with Gasteiger partial charge in [0.1, 0.15) is 11.4 Å². The number of esters is 1. The molecule has 144 valence electrons. The summed E-state index contributed by atoms with van der Waals surface area (Å²) in [6.45, 7) is 2.55. The van der Waals surface area contributed by atoms with E-state index in [2.05, 4.69) is 20.4 Å². The van der Waals surface area contributed by atoms with E-state index in [4.69, 9.17) is 4.74 Å². The van der Waals surface area contributed by atoms with Gasteiger partial charge in [0.2, 0.25) is 0 Å². The van der Waals surface area contributed by atoms with Crippen molar-refractivity contribution in [1.29, 1.82) is 0 Å². The molecule has 8 heteroatoms. The molecule has 1 amide bonds. The number of rotatable bonds is 7. The van der Waals surface area contributed by atoms with Gasteiger partial charge in [0, 0.05) is 16.8 Å². The summed E-state index contributed by atoms with van der Waals surface area (Å²) in [6.07, 6.45) is 0. The molecule has 0 atom stereocenters. The van der Waals surface area contributed by atoms with Gasteiger partial charge in [0.05, 0.1) is 19.3 Å². The van der Waals surface area contributed by atoms with Crippen molar-refractivity contribution in [1.82, 2.24) is 4.98 Å². The highest BCUT2D eigenvalue weighted by Crippen LogP contribution is 2.23. The lowest BCUT2D eigenvalue weighted by atomic mass is 10.2. The van der Waals surface area contributed by atoms with E-state index in [1.807, 2.05) is 31.2 Å². The molecule has 0 bridgehead atoms. The number of hydrogen-bond donors (Lipinski definition) is 2. The number of nitrogens with one attached hydrogen (secondary N) is 2. The van der Waals surface area contributed by atoms with E-state index in [-0.39, 0.29) is 5.91 Å². The highest BCUT2D eigenvalue weighted by molar-refractivity contribution is 7.14. The van der Waals surface area contributed by atoms with Gasteiger partial charge in [0.15, 0.2) is 5.13 Å². The minimum Gasteiger partial charge on any atom is -0.494 e. The molecular formula is C20H19N3O4S. The summed E-state index contributed by atoms with van der Waals surface area (Å²) >= 11 is 1.33. The summed E-state index contributed by atoms with van der Waals surface area (Å²) in [5.74, 6) is 0.0367. The van der Waals surface area contributed by atoms with Gasteiger partial charge < -0.3 is 20.1 Å². The van der Waals surface area contributed by atoms with Gasteiger partial charge in [-0.1, -0.05) is 0 Å². The molecule has 1 aromatic heterocycles. The van der Waals surface area contributed by atoms with Crippen LogP contribution in [0.2, 0.25) is 0 Å². The fourth-order valence-corrected chi connectivity index (χ4v) is 3.07. The van der Waals surface area contributed by atoms with Crippen LogP contribution >= 0.6 is 11.3 Å². The molecule has 0 aliphatic carbocycles. The smallest absolute Gasteiger partial charge is 0.337 e. The monoisotopic (exact) mass is 397 g/mol. The largest absolute Gasteiger partial charge is 0.494 e. The lowest BCUT2D eigenvalue weighted by Gasteiger charge is -2.06. The van der Waals surface area contributed by atoms with Crippen molar-refractivity contribution >= 4 is 39.7 Å². The maximum absolute atomic E-state index is 12.4. The quantitative estimate of drug-likeness (QED) is 0.577. The lowest BCUT2D eigenvalue weighted by Crippen LogP contribution is -2.12. The number of aromatic nitrogens is 1. The van der Waals surface area contributed by atoms with Crippen LogP contribution in [0.15, 0.2) is 53.9 Å². The second-order valence-corrected chi connectivity index (χ2v) is 6.50. The van der Waals surface area contributed by atoms with Gasteiger partial charge in [-0.05, 0) is 55.5 Å². The molecule has 1 heterocycles. The molecule has 0 aliphatic rings. The third-order valence-electron chi connectivity index (χ3n) is 3.72. The number of benzene rings is 2. The molecule has 0 fully saturated rings. The van der Waals surface area contributed by atoms with Crippen molar-refractivity contribution in [2.45, 2.75) is 6.92 Å². The average molecular weight is 397 g/mol. The predicted molar refractivity (Wildman–Crippen MR) is 109 cm³/mol. The highest BCUT2D eigenvalue weighted by Gasteiger charge is 2.12.